The van der Waals surface area contributed by atoms with Crippen molar-refractivity contribution in [3.8, 4) is 0 Å². The van der Waals surface area contributed by atoms with Crippen molar-refractivity contribution in [1.82, 2.24) is 0 Å². The molecule has 0 aliphatic carbocycles. The van der Waals surface area contributed by atoms with Crippen LogP contribution >= 0.6 is 0 Å². The van der Waals surface area contributed by atoms with Gasteiger partial charge in [-0.1, -0.05) is 89.9 Å². The molecule has 29 heavy (non-hydrogen) atoms. The van der Waals surface area contributed by atoms with E-state index in [1.54, 1.807) is 0 Å². The summed E-state index contributed by atoms with van der Waals surface area (Å²) in [5.74, 6) is 0. The Morgan fingerprint density at radius 2 is 1.07 bits per heavy atom. The summed E-state index contributed by atoms with van der Waals surface area (Å²) in [6.07, 6.45) is 21.2. The third-order valence-corrected chi connectivity index (χ3v) is 7.93. The first-order valence-electron chi connectivity index (χ1n) is 12.8. The Hall–Kier alpha value is 0.0569. The summed E-state index contributed by atoms with van der Waals surface area (Å²) in [6.45, 7) is 8.40. The molecule has 0 bridgehead atoms. The van der Waals surface area contributed by atoms with Crippen molar-refractivity contribution < 1.29 is 18.3 Å². The summed E-state index contributed by atoms with van der Waals surface area (Å²) in [6, 6.07) is 1.19. The number of epoxide rings is 1. The van der Waals surface area contributed by atoms with Gasteiger partial charge >= 0.3 is 9.28 Å². The van der Waals surface area contributed by atoms with Gasteiger partial charge < -0.3 is 18.3 Å². The molecule has 0 N–H and O–H groups in total. The lowest BCUT2D eigenvalue weighted by molar-refractivity contribution is 0.113. The quantitative estimate of drug-likeness (QED) is 0.0989. The molecule has 0 aromatic heterocycles. The van der Waals surface area contributed by atoms with Crippen molar-refractivity contribution in [1.29, 1.82) is 0 Å². The largest absolute Gasteiger partial charge is 0.397 e. The zero-order valence-corrected chi connectivity index (χ0v) is 20.8. The Kier molecular flexibility index (Phi) is 19.9. The van der Waals surface area contributed by atoms with Gasteiger partial charge in [0.05, 0.1) is 13.2 Å². The van der Waals surface area contributed by atoms with Crippen molar-refractivity contribution >= 4 is 9.28 Å². The van der Waals surface area contributed by atoms with Crippen LogP contribution in [0.2, 0.25) is 6.04 Å². The lowest BCUT2D eigenvalue weighted by Crippen LogP contribution is -2.22. The van der Waals surface area contributed by atoms with Crippen molar-refractivity contribution in [3.05, 3.63) is 0 Å². The van der Waals surface area contributed by atoms with Crippen LogP contribution in [0.3, 0.4) is 0 Å². The van der Waals surface area contributed by atoms with E-state index in [-0.39, 0.29) is 0 Å². The molecular formula is C24H50O4Si. The molecule has 0 aromatic rings. The number of rotatable bonds is 24. The Balaban J connectivity index is 1.66. The number of ether oxygens (including phenoxy) is 2. The van der Waals surface area contributed by atoms with Crippen LogP contribution in [0, 0.1) is 0 Å². The van der Waals surface area contributed by atoms with Crippen LogP contribution in [-0.4, -0.2) is 48.4 Å². The predicted octanol–water partition coefficient (Wildman–Crippen LogP) is 6.55. The fraction of sp³-hybridized carbons (Fsp3) is 1.00. The van der Waals surface area contributed by atoms with Gasteiger partial charge in [-0.2, -0.15) is 0 Å². The van der Waals surface area contributed by atoms with Gasteiger partial charge in [-0.15, -0.1) is 0 Å². The molecule has 1 saturated heterocycles. The summed E-state index contributed by atoms with van der Waals surface area (Å²) in [7, 11) is -1.34. The van der Waals surface area contributed by atoms with Gasteiger partial charge in [0.15, 0.2) is 0 Å². The maximum Gasteiger partial charge on any atom is 0.321 e. The molecule has 5 heteroatoms. The van der Waals surface area contributed by atoms with E-state index in [4.69, 9.17) is 18.3 Å². The standard InChI is InChI=1S/C24H50O4Si/c1-3-27-29(28-4-2)21-19-17-15-13-11-9-7-5-6-8-10-12-14-16-18-20-25-22-24-23-26-24/h24,29H,3-23H2,1-2H3. The van der Waals surface area contributed by atoms with Crippen molar-refractivity contribution in [2.45, 2.75) is 122 Å². The molecule has 1 heterocycles. The molecule has 0 spiro atoms. The second kappa shape index (κ2) is 21.3. The third-order valence-electron chi connectivity index (χ3n) is 5.64. The molecule has 174 valence electrons. The molecule has 4 nitrogen and oxygen atoms in total. The molecule has 1 rings (SSSR count). The molecule has 0 radical (unpaired) electrons. The van der Waals surface area contributed by atoms with Crippen molar-refractivity contribution in [2.24, 2.45) is 0 Å². The first-order valence-corrected chi connectivity index (χ1v) is 14.5. The van der Waals surface area contributed by atoms with Gasteiger partial charge in [-0.3, -0.25) is 0 Å². The van der Waals surface area contributed by atoms with Gasteiger partial charge in [0.25, 0.3) is 0 Å². The highest BCUT2D eigenvalue weighted by Crippen LogP contribution is 2.15. The van der Waals surface area contributed by atoms with E-state index >= 15 is 0 Å². The molecule has 1 atom stereocenters. The Labute approximate surface area is 183 Å². The van der Waals surface area contributed by atoms with E-state index in [2.05, 4.69) is 13.8 Å². The molecule has 1 aliphatic heterocycles. The fourth-order valence-corrected chi connectivity index (χ4v) is 5.57. The molecular weight excluding hydrogens is 380 g/mol. The Morgan fingerprint density at radius 1 is 0.655 bits per heavy atom. The van der Waals surface area contributed by atoms with Gasteiger partial charge in [0, 0.05) is 19.8 Å². The molecule has 1 aliphatic rings. The van der Waals surface area contributed by atoms with Crippen LogP contribution in [0.1, 0.15) is 110 Å². The molecule has 0 saturated carbocycles. The minimum atomic E-state index is -1.34. The summed E-state index contributed by atoms with van der Waals surface area (Å²) in [4.78, 5) is 0. The SMILES string of the molecule is CCO[SiH](CCCCCCCCCCCCCCCCCOCC1CO1)OCC. The number of unbranched alkanes of at least 4 members (excludes halogenated alkanes) is 14. The van der Waals surface area contributed by atoms with E-state index in [1.807, 2.05) is 0 Å². The average Bonchev–Trinajstić information content (AvgIpc) is 3.54. The first-order chi connectivity index (χ1) is 14.4. The maximum absolute atomic E-state index is 5.73. The van der Waals surface area contributed by atoms with Crippen LogP contribution < -0.4 is 0 Å². The normalized spacial score (nSPS) is 16.0. The highest BCUT2D eigenvalue weighted by molar-refractivity contribution is 6.44. The zero-order chi connectivity index (χ0) is 20.8. The lowest BCUT2D eigenvalue weighted by atomic mass is 10.0. The highest BCUT2D eigenvalue weighted by Gasteiger charge is 2.21. The van der Waals surface area contributed by atoms with Crippen molar-refractivity contribution in [2.75, 3.05) is 33.0 Å². The van der Waals surface area contributed by atoms with Gasteiger partial charge in [0.1, 0.15) is 6.10 Å². The summed E-state index contributed by atoms with van der Waals surface area (Å²) < 4.78 is 22.2. The molecule has 0 aromatic carbocycles. The summed E-state index contributed by atoms with van der Waals surface area (Å²) in [5, 5.41) is 0. The van der Waals surface area contributed by atoms with E-state index in [0.29, 0.717) is 6.10 Å². The van der Waals surface area contributed by atoms with Crippen molar-refractivity contribution in [3.63, 3.8) is 0 Å². The predicted molar refractivity (Wildman–Crippen MR) is 125 cm³/mol. The average molecular weight is 431 g/mol. The van der Waals surface area contributed by atoms with Crippen LogP contribution in [0.4, 0.5) is 0 Å². The monoisotopic (exact) mass is 430 g/mol. The summed E-state index contributed by atoms with van der Waals surface area (Å²) >= 11 is 0. The Bertz CT molecular complexity index is 320. The number of hydrogen-bond acceptors (Lipinski definition) is 4. The highest BCUT2D eigenvalue weighted by atomic mass is 28.3. The lowest BCUT2D eigenvalue weighted by Gasteiger charge is -2.14. The van der Waals surface area contributed by atoms with Crippen LogP contribution in [0.5, 0.6) is 0 Å². The minimum absolute atomic E-state index is 0.418. The summed E-state index contributed by atoms with van der Waals surface area (Å²) in [5.41, 5.74) is 0. The zero-order valence-electron chi connectivity index (χ0n) is 19.6. The Morgan fingerprint density at radius 3 is 1.48 bits per heavy atom. The minimum Gasteiger partial charge on any atom is -0.397 e. The third kappa shape index (κ3) is 19.8. The van der Waals surface area contributed by atoms with E-state index in [9.17, 15) is 0 Å². The van der Waals surface area contributed by atoms with Crippen LogP contribution in [0.15, 0.2) is 0 Å². The molecule has 0 amide bonds. The second-order valence-electron chi connectivity index (χ2n) is 8.46. The van der Waals surface area contributed by atoms with Gasteiger partial charge in [0.2, 0.25) is 0 Å². The second-order valence-corrected chi connectivity index (χ2v) is 10.6. The molecule has 1 unspecified atom stereocenters. The van der Waals surface area contributed by atoms with Gasteiger partial charge in [-0.05, 0) is 26.3 Å². The smallest absolute Gasteiger partial charge is 0.321 e. The fourth-order valence-electron chi connectivity index (χ4n) is 3.78. The first kappa shape index (κ1) is 27.1. The molecule has 1 fully saturated rings. The van der Waals surface area contributed by atoms with E-state index in [0.717, 1.165) is 33.0 Å². The van der Waals surface area contributed by atoms with Crippen LogP contribution in [0.25, 0.3) is 0 Å². The van der Waals surface area contributed by atoms with E-state index in [1.165, 1.54) is 102 Å². The number of hydrogen-bond donors (Lipinski definition) is 0. The van der Waals surface area contributed by atoms with E-state index < -0.39 is 9.28 Å². The van der Waals surface area contributed by atoms with Crippen LogP contribution in [-0.2, 0) is 18.3 Å². The maximum atomic E-state index is 5.73. The van der Waals surface area contributed by atoms with Gasteiger partial charge in [-0.25, -0.2) is 0 Å². The topological polar surface area (TPSA) is 40.2 Å².